The molecule has 0 aliphatic carbocycles. The highest BCUT2D eigenvalue weighted by Gasteiger charge is 2.15. The summed E-state index contributed by atoms with van der Waals surface area (Å²) in [6, 6.07) is 3.88. The van der Waals surface area contributed by atoms with E-state index in [2.05, 4.69) is 22.5 Å². The van der Waals surface area contributed by atoms with E-state index in [9.17, 15) is 0 Å². The van der Waals surface area contributed by atoms with Crippen LogP contribution >= 0.6 is 0 Å². The monoisotopic (exact) mass is 381 g/mol. The molecule has 0 aliphatic heterocycles. The second-order valence-electron chi connectivity index (χ2n) is 5.99. The van der Waals surface area contributed by atoms with E-state index in [-0.39, 0.29) is 0 Å². The van der Waals surface area contributed by atoms with Crippen molar-refractivity contribution in [3.05, 3.63) is 17.7 Å². The van der Waals surface area contributed by atoms with Crippen LogP contribution in [0.2, 0.25) is 0 Å². The smallest absolute Gasteiger partial charge is 0.203 e. The lowest BCUT2D eigenvalue weighted by Gasteiger charge is -2.16. The Morgan fingerprint density at radius 3 is 2.26 bits per heavy atom. The van der Waals surface area contributed by atoms with E-state index < -0.39 is 0 Å². The molecular weight excluding hydrogens is 346 g/mol. The Hall–Kier alpha value is -2.15. The van der Waals surface area contributed by atoms with Gasteiger partial charge in [-0.15, -0.1) is 0 Å². The van der Waals surface area contributed by atoms with Gasteiger partial charge in [-0.2, -0.15) is 0 Å². The van der Waals surface area contributed by atoms with Gasteiger partial charge in [-0.3, -0.25) is 4.99 Å². The normalized spacial score (nSPS) is 11.2. The van der Waals surface area contributed by atoms with Crippen molar-refractivity contribution >= 4 is 5.96 Å². The quantitative estimate of drug-likeness (QED) is 0.311. The zero-order valence-electron chi connectivity index (χ0n) is 17.4. The van der Waals surface area contributed by atoms with Crippen molar-refractivity contribution in [1.82, 2.24) is 10.6 Å². The molecule has 0 atom stereocenters. The van der Waals surface area contributed by atoms with Crippen LogP contribution in [0.25, 0.3) is 0 Å². The fourth-order valence-corrected chi connectivity index (χ4v) is 2.63. The molecule has 1 aromatic rings. The van der Waals surface area contributed by atoms with Gasteiger partial charge in [0, 0.05) is 38.9 Å². The molecule has 0 aliphatic rings. The van der Waals surface area contributed by atoms with Crippen LogP contribution in [-0.4, -0.2) is 60.6 Å². The number of aliphatic imine (C=N–C) groups is 1. The Kier molecular flexibility index (Phi) is 11.8. The maximum Gasteiger partial charge on any atom is 0.203 e. The number of ether oxygens (including phenoxy) is 4. The number of unbranched alkanes of at least 4 members (excludes halogenated alkanes) is 1. The molecule has 0 saturated heterocycles. The van der Waals surface area contributed by atoms with Crippen LogP contribution < -0.4 is 24.8 Å². The average molecular weight is 382 g/mol. The zero-order valence-corrected chi connectivity index (χ0v) is 17.4. The predicted molar refractivity (Wildman–Crippen MR) is 110 cm³/mol. The lowest BCUT2D eigenvalue weighted by Crippen LogP contribution is -2.39. The molecule has 0 fully saturated rings. The molecule has 7 nitrogen and oxygen atoms in total. The topological polar surface area (TPSA) is 73.3 Å². The maximum absolute atomic E-state index is 5.56. The Morgan fingerprint density at radius 1 is 0.926 bits per heavy atom. The van der Waals surface area contributed by atoms with Gasteiger partial charge in [0.2, 0.25) is 5.75 Å². The average Bonchev–Trinajstić information content (AvgIpc) is 2.70. The van der Waals surface area contributed by atoms with Crippen molar-refractivity contribution in [3.8, 4) is 17.2 Å². The molecule has 1 aromatic carbocycles. The Bertz CT molecular complexity index is 564. The first-order chi connectivity index (χ1) is 13.2. The first-order valence-corrected chi connectivity index (χ1v) is 9.51. The summed E-state index contributed by atoms with van der Waals surface area (Å²) in [6.45, 7) is 5.33. The molecule has 1 rings (SSSR count). The van der Waals surface area contributed by atoms with Crippen LogP contribution in [0, 0.1) is 0 Å². The molecule has 0 spiro atoms. The minimum absolute atomic E-state index is 0.614. The number of hydrogen-bond donors (Lipinski definition) is 2. The van der Waals surface area contributed by atoms with Gasteiger partial charge < -0.3 is 29.6 Å². The van der Waals surface area contributed by atoms with Crippen molar-refractivity contribution in [2.75, 3.05) is 54.7 Å². The molecule has 0 amide bonds. The van der Waals surface area contributed by atoms with Gasteiger partial charge in [0.05, 0.1) is 21.3 Å². The van der Waals surface area contributed by atoms with Crippen molar-refractivity contribution < 1.29 is 18.9 Å². The summed E-state index contributed by atoms with van der Waals surface area (Å²) in [5, 5.41) is 6.62. The van der Waals surface area contributed by atoms with Gasteiger partial charge in [0.25, 0.3) is 0 Å². The van der Waals surface area contributed by atoms with E-state index in [1.165, 1.54) is 6.42 Å². The predicted octanol–water partition coefficient (Wildman–Crippen LogP) is 2.63. The number of nitrogens with one attached hydrogen (secondary N) is 2. The van der Waals surface area contributed by atoms with E-state index >= 15 is 0 Å². The van der Waals surface area contributed by atoms with Crippen molar-refractivity contribution in [3.63, 3.8) is 0 Å². The van der Waals surface area contributed by atoms with Gasteiger partial charge in [-0.25, -0.2) is 0 Å². The van der Waals surface area contributed by atoms with Crippen LogP contribution in [-0.2, 0) is 11.2 Å². The van der Waals surface area contributed by atoms with Crippen LogP contribution in [0.15, 0.2) is 17.1 Å². The van der Waals surface area contributed by atoms with E-state index in [0.29, 0.717) is 17.2 Å². The maximum atomic E-state index is 5.56. The third-order valence-corrected chi connectivity index (χ3v) is 4.10. The van der Waals surface area contributed by atoms with E-state index in [0.717, 1.165) is 57.1 Å². The first kappa shape index (κ1) is 22.9. The number of methoxy groups -OCH3 is 3. The molecule has 0 bridgehead atoms. The highest BCUT2D eigenvalue weighted by Crippen LogP contribution is 2.39. The summed E-state index contributed by atoms with van der Waals surface area (Å²) in [6.07, 6.45) is 4.01. The molecule has 0 saturated carbocycles. The van der Waals surface area contributed by atoms with E-state index in [1.54, 1.807) is 28.4 Å². The molecule has 2 N–H and O–H groups in total. The summed E-state index contributed by atoms with van der Waals surface area (Å²) in [7, 11) is 6.63. The van der Waals surface area contributed by atoms with Gasteiger partial charge in [0.15, 0.2) is 17.5 Å². The first-order valence-electron chi connectivity index (χ1n) is 9.51. The number of rotatable bonds is 13. The summed E-state index contributed by atoms with van der Waals surface area (Å²) >= 11 is 0. The fourth-order valence-electron chi connectivity index (χ4n) is 2.63. The Balaban J connectivity index is 2.42. The van der Waals surface area contributed by atoms with Crippen molar-refractivity contribution in [2.24, 2.45) is 4.99 Å². The van der Waals surface area contributed by atoms with Crippen LogP contribution in [0.3, 0.4) is 0 Å². The van der Waals surface area contributed by atoms with E-state index in [1.807, 2.05) is 12.1 Å². The standard InChI is InChI=1S/C20H35N3O4/c1-6-7-14-27-15-8-12-22-20(21-2)23-13-11-16-9-10-17(24-3)19(26-5)18(16)25-4/h9-10H,6-8,11-15H2,1-5H3,(H2,21,22,23). The van der Waals surface area contributed by atoms with Crippen LogP contribution in [0.1, 0.15) is 31.7 Å². The van der Waals surface area contributed by atoms with Crippen molar-refractivity contribution in [2.45, 2.75) is 32.6 Å². The lowest BCUT2D eigenvalue weighted by atomic mass is 10.1. The summed E-state index contributed by atoms with van der Waals surface area (Å²) < 4.78 is 21.8. The summed E-state index contributed by atoms with van der Waals surface area (Å²) in [4.78, 5) is 4.25. The number of guanidine groups is 1. The van der Waals surface area contributed by atoms with Crippen molar-refractivity contribution in [1.29, 1.82) is 0 Å². The molecule has 154 valence electrons. The third-order valence-electron chi connectivity index (χ3n) is 4.10. The second-order valence-corrected chi connectivity index (χ2v) is 5.99. The number of hydrogen-bond acceptors (Lipinski definition) is 5. The summed E-state index contributed by atoms with van der Waals surface area (Å²) in [5.74, 6) is 2.75. The third kappa shape index (κ3) is 7.95. The molecular formula is C20H35N3O4. The molecule has 0 heterocycles. The van der Waals surface area contributed by atoms with Crippen LogP contribution in [0.4, 0.5) is 0 Å². The number of nitrogens with zero attached hydrogens (tertiary/aromatic N) is 1. The second kappa shape index (κ2) is 14.0. The van der Waals surface area contributed by atoms with Gasteiger partial charge in [-0.05, 0) is 25.3 Å². The Morgan fingerprint density at radius 2 is 1.63 bits per heavy atom. The highest BCUT2D eigenvalue weighted by molar-refractivity contribution is 5.79. The minimum atomic E-state index is 0.614. The van der Waals surface area contributed by atoms with Crippen LogP contribution in [0.5, 0.6) is 17.2 Å². The molecule has 27 heavy (non-hydrogen) atoms. The highest BCUT2D eigenvalue weighted by atomic mass is 16.5. The SMILES string of the molecule is CCCCOCCCNC(=NC)NCCc1ccc(OC)c(OC)c1OC. The van der Waals surface area contributed by atoms with E-state index in [4.69, 9.17) is 18.9 Å². The molecule has 0 aromatic heterocycles. The fraction of sp³-hybridized carbons (Fsp3) is 0.650. The zero-order chi connectivity index (χ0) is 19.9. The lowest BCUT2D eigenvalue weighted by molar-refractivity contribution is 0.129. The molecule has 7 heteroatoms. The van der Waals surface area contributed by atoms with Gasteiger partial charge >= 0.3 is 0 Å². The number of benzene rings is 1. The van der Waals surface area contributed by atoms with Gasteiger partial charge in [0.1, 0.15) is 0 Å². The molecule has 0 radical (unpaired) electrons. The largest absolute Gasteiger partial charge is 0.493 e. The van der Waals surface area contributed by atoms with Gasteiger partial charge in [-0.1, -0.05) is 19.4 Å². The molecule has 0 unspecified atom stereocenters. The minimum Gasteiger partial charge on any atom is -0.493 e. The Labute approximate surface area is 163 Å². The summed E-state index contributed by atoms with van der Waals surface area (Å²) in [5.41, 5.74) is 1.04.